The first-order valence-corrected chi connectivity index (χ1v) is 13.1. The highest BCUT2D eigenvalue weighted by Gasteiger charge is 2.27. The van der Waals surface area contributed by atoms with E-state index in [0.717, 1.165) is 32.1 Å². The molecular formula is C23H38N4O3S. The van der Waals surface area contributed by atoms with E-state index in [2.05, 4.69) is 19.8 Å². The molecule has 31 heavy (non-hydrogen) atoms. The molecule has 1 aliphatic heterocycles. The minimum atomic E-state index is -3.53. The molecule has 1 aliphatic carbocycles. The van der Waals surface area contributed by atoms with Gasteiger partial charge in [-0.05, 0) is 63.8 Å². The molecule has 174 valence electrons. The molecule has 1 saturated carbocycles. The molecule has 0 spiro atoms. The summed E-state index contributed by atoms with van der Waals surface area (Å²) < 4.78 is 27.0. The number of carbonyl (C=O) groups is 1. The zero-order valence-corrected chi connectivity index (χ0v) is 20.0. The molecule has 1 saturated heterocycles. The normalized spacial score (nSPS) is 20.6. The molecule has 1 atom stereocenters. The number of hydrogen-bond donors (Lipinski definition) is 2. The molecule has 0 bridgehead atoms. The second-order valence-corrected chi connectivity index (χ2v) is 11.0. The number of piperazine rings is 1. The molecule has 0 aromatic heterocycles. The first-order valence-electron chi connectivity index (χ1n) is 11.6. The summed E-state index contributed by atoms with van der Waals surface area (Å²) in [6.45, 7) is 10.5. The number of nitrogens with zero attached hydrogens (tertiary/aromatic N) is 2. The molecule has 3 rings (SSSR count). The monoisotopic (exact) mass is 450 g/mol. The Balaban J connectivity index is 1.47. The van der Waals surface area contributed by atoms with Gasteiger partial charge in [-0.2, -0.15) is 0 Å². The maximum absolute atomic E-state index is 12.7. The van der Waals surface area contributed by atoms with Crippen LogP contribution in [-0.4, -0.2) is 68.9 Å². The van der Waals surface area contributed by atoms with Crippen LogP contribution in [0.2, 0.25) is 0 Å². The van der Waals surface area contributed by atoms with Gasteiger partial charge in [-0.15, -0.1) is 0 Å². The van der Waals surface area contributed by atoms with Gasteiger partial charge in [-0.25, -0.2) is 13.1 Å². The highest BCUT2D eigenvalue weighted by atomic mass is 32.2. The molecule has 2 fully saturated rings. The van der Waals surface area contributed by atoms with E-state index in [0.29, 0.717) is 5.69 Å². The summed E-state index contributed by atoms with van der Waals surface area (Å²) in [5.41, 5.74) is 0.608. The first kappa shape index (κ1) is 24.2. The Morgan fingerprint density at radius 2 is 1.61 bits per heavy atom. The van der Waals surface area contributed by atoms with E-state index in [-0.39, 0.29) is 22.9 Å². The van der Waals surface area contributed by atoms with Crippen molar-refractivity contribution in [2.75, 3.05) is 38.0 Å². The molecule has 1 unspecified atom stereocenters. The van der Waals surface area contributed by atoms with E-state index < -0.39 is 10.0 Å². The van der Waals surface area contributed by atoms with Crippen molar-refractivity contribution in [2.45, 2.75) is 69.9 Å². The van der Waals surface area contributed by atoms with E-state index in [1.807, 2.05) is 6.92 Å². The zero-order valence-electron chi connectivity index (χ0n) is 19.1. The van der Waals surface area contributed by atoms with Gasteiger partial charge in [0.1, 0.15) is 0 Å². The zero-order chi connectivity index (χ0) is 22.4. The standard InChI is InChI=1S/C23H38N4O3S/c1-18(2)25-31(29,30)22-11-9-21(10-12-22)24-23(28)19(3)27-15-13-26(14-16-27)17-20-7-5-4-6-8-20/h9-12,18-20,25H,4-8,13-17H2,1-3H3,(H,24,28). The van der Waals surface area contributed by atoms with Crippen molar-refractivity contribution in [1.29, 1.82) is 0 Å². The minimum Gasteiger partial charge on any atom is -0.325 e. The fraction of sp³-hybridized carbons (Fsp3) is 0.696. The molecule has 2 aliphatic rings. The Morgan fingerprint density at radius 1 is 1.00 bits per heavy atom. The molecule has 1 heterocycles. The summed E-state index contributed by atoms with van der Waals surface area (Å²) in [4.78, 5) is 17.7. The third-order valence-corrected chi connectivity index (χ3v) is 8.07. The van der Waals surface area contributed by atoms with Crippen LogP contribution < -0.4 is 10.0 Å². The lowest BCUT2D eigenvalue weighted by Crippen LogP contribution is -2.53. The van der Waals surface area contributed by atoms with Gasteiger partial charge < -0.3 is 10.2 Å². The van der Waals surface area contributed by atoms with Gasteiger partial charge in [0, 0.05) is 44.5 Å². The quantitative estimate of drug-likeness (QED) is 0.636. The van der Waals surface area contributed by atoms with Crippen molar-refractivity contribution in [2.24, 2.45) is 5.92 Å². The first-order chi connectivity index (χ1) is 14.7. The van der Waals surface area contributed by atoms with Gasteiger partial charge in [-0.3, -0.25) is 9.69 Å². The van der Waals surface area contributed by atoms with Crippen LogP contribution in [0, 0.1) is 5.92 Å². The number of carbonyl (C=O) groups excluding carboxylic acids is 1. The van der Waals surface area contributed by atoms with Crippen molar-refractivity contribution in [3.63, 3.8) is 0 Å². The SMILES string of the molecule is CC(C)NS(=O)(=O)c1ccc(NC(=O)C(C)N2CCN(CC3CCCCC3)CC2)cc1. The number of anilines is 1. The van der Waals surface area contributed by atoms with Crippen LogP contribution in [0.5, 0.6) is 0 Å². The maximum Gasteiger partial charge on any atom is 0.241 e. The van der Waals surface area contributed by atoms with Gasteiger partial charge in [-0.1, -0.05) is 19.3 Å². The Morgan fingerprint density at radius 3 is 2.19 bits per heavy atom. The van der Waals surface area contributed by atoms with E-state index in [4.69, 9.17) is 0 Å². The fourth-order valence-electron chi connectivity index (χ4n) is 4.58. The third kappa shape index (κ3) is 7.00. The van der Waals surface area contributed by atoms with Gasteiger partial charge in [0.15, 0.2) is 0 Å². The van der Waals surface area contributed by atoms with Crippen molar-refractivity contribution >= 4 is 21.6 Å². The van der Waals surface area contributed by atoms with Crippen LogP contribution >= 0.6 is 0 Å². The van der Waals surface area contributed by atoms with E-state index >= 15 is 0 Å². The average Bonchev–Trinajstić information content (AvgIpc) is 2.74. The molecule has 0 radical (unpaired) electrons. The van der Waals surface area contributed by atoms with Crippen molar-refractivity contribution in [3.05, 3.63) is 24.3 Å². The fourth-order valence-corrected chi connectivity index (χ4v) is 5.83. The van der Waals surface area contributed by atoms with Crippen molar-refractivity contribution in [1.82, 2.24) is 14.5 Å². The Labute approximate surface area is 187 Å². The van der Waals surface area contributed by atoms with Gasteiger partial charge in [0.2, 0.25) is 15.9 Å². The Kier molecular flexibility index (Phi) is 8.50. The van der Waals surface area contributed by atoms with E-state index in [9.17, 15) is 13.2 Å². The second kappa shape index (κ2) is 10.9. The van der Waals surface area contributed by atoms with Gasteiger partial charge >= 0.3 is 0 Å². The Bertz CT molecular complexity index is 812. The molecule has 7 nitrogen and oxygen atoms in total. The molecule has 2 N–H and O–H groups in total. The summed E-state index contributed by atoms with van der Waals surface area (Å²) in [7, 11) is -3.53. The number of rotatable bonds is 8. The topological polar surface area (TPSA) is 81.8 Å². The predicted octanol–water partition coefficient (Wildman–Crippen LogP) is 2.90. The van der Waals surface area contributed by atoms with Gasteiger partial charge in [0.25, 0.3) is 0 Å². The number of benzene rings is 1. The molecule has 1 aromatic carbocycles. The Hall–Kier alpha value is -1.48. The number of sulfonamides is 1. The van der Waals surface area contributed by atoms with Crippen LogP contribution in [0.4, 0.5) is 5.69 Å². The number of amides is 1. The van der Waals surface area contributed by atoms with Crippen LogP contribution in [0.15, 0.2) is 29.2 Å². The lowest BCUT2D eigenvalue weighted by atomic mass is 9.89. The average molecular weight is 451 g/mol. The lowest BCUT2D eigenvalue weighted by molar-refractivity contribution is -0.121. The predicted molar refractivity (Wildman–Crippen MR) is 125 cm³/mol. The second-order valence-electron chi connectivity index (χ2n) is 9.31. The van der Waals surface area contributed by atoms with Crippen LogP contribution in [0.1, 0.15) is 52.9 Å². The highest BCUT2D eigenvalue weighted by molar-refractivity contribution is 7.89. The third-order valence-electron chi connectivity index (χ3n) is 6.40. The summed E-state index contributed by atoms with van der Waals surface area (Å²) in [5.74, 6) is 0.792. The van der Waals surface area contributed by atoms with Crippen molar-refractivity contribution in [3.8, 4) is 0 Å². The number of nitrogens with one attached hydrogen (secondary N) is 2. The van der Waals surface area contributed by atoms with E-state index in [1.54, 1.807) is 26.0 Å². The summed E-state index contributed by atoms with van der Waals surface area (Å²) >= 11 is 0. The van der Waals surface area contributed by atoms with E-state index in [1.165, 1.54) is 50.8 Å². The molecular weight excluding hydrogens is 412 g/mol. The summed E-state index contributed by atoms with van der Waals surface area (Å²) in [5, 5.41) is 2.93. The maximum atomic E-state index is 12.7. The highest BCUT2D eigenvalue weighted by Crippen LogP contribution is 2.25. The largest absolute Gasteiger partial charge is 0.325 e. The summed E-state index contributed by atoms with van der Waals surface area (Å²) in [6, 6.07) is 5.93. The van der Waals surface area contributed by atoms with Crippen LogP contribution in [0.25, 0.3) is 0 Å². The minimum absolute atomic E-state index is 0.0587. The van der Waals surface area contributed by atoms with Crippen molar-refractivity contribution < 1.29 is 13.2 Å². The smallest absolute Gasteiger partial charge is 0.241 e. The lowest BCUT2D eigenvalue weighted by Gasteiger charge is -2.39. The molecule has 8 heteroatoms. The number of hydrogen-bond acceptors (Lipinski definition) is 5. The van der Waals surface area contributed by atoms with Crippen LogP contribution in [0.3, 0.4) is 0 Å². The summed E-state index contributed by atoms with van der Waals surface area (Å²) in [6.07, 6.45) is 6.88. The molecule has 1 aromatic rings. The van der Waals surface area contributed by atoms with Gasteiger partial charge in [0.05, 0.1) is 10.9 Å². The molecule has 1 amide bonds. The van der Waals surface area contributed by atoms with Crippen LogP contribution in [-0.2, 0) is 14.8 Å².